The van der Waals surface area contributed by atoms with Crippen LogP contribution in [-0.4, -0.2) is 0 Å². The molecule has 0 spiro atoms. The van der Waals surface area contributed by atoms with Gasteiger partial charge in [0.15, 0.2) is 0 Å². The zero-order valence-corrected chi connectivity index (χ0v) is 21.7. The number of hydrogen-bond donors (Lipinski definition) is 0. The third-order valence-electron chi connectivity index (χ3n) is 7.33. The van der Waals surface area contributed by atoms with Crippen LogP contribution in [0.5, 0.6) is 0 Å². The fraction of sp³-hybridized carbons (Fsp3) is 0.0270. The second-order valence-corrected chi connectivity index (χ2v) is 9.95. The lowest BCUT2D eigenvalue weighted by Crippen LogP contribution is -2.31. The topological polar surface area (TPSA) is 0 Å². The highest BCUT2D eigenvalue weighted by molar-refractivity contribution is 6.30. The van der Waals surface area contributed by atoms with E-state index in [1.54, 1.807) is 0 Å². The molecule has 6 rings (SSSR count). The summed E-state index contributed by atoms with van der Waals surface area (Å²) in [7, 11) is 0. The van der Waals surface area contributed by atoms with Gasteiger partial charge in [0, 0.05) is 5.02 Å². The summed E-state index contributed by atoms with van der Waals surface area (Å²) in [5.74, 6) is 0. The van der Waals surface area contributed by atoms with Crippen LogP contribution in [0.15, 0.2) is 164 Å². The van der Waals surface area contributed by atoms with E-state index in [1.807, 2.05) is 12.1 Å². The molecule has 0 heterocycles. The normalized spacial score (nSPS) is 11.3. The Bertz CT molecular complexity index is 1560. The Morgan fingerprint density at radius 1 is 0.289 bits per heavy atom. The second kappa shape index (κ2) is 10.5. The molecule has 0 nitrogen and oxygen atoms in total. The molecule has 0 aromatic heterocycles. The van der Waals surface area contributed by atoms with E-state index in [0.29, 0.717) is 0 Å². The molecule has 0 aliphatic rings. The van der Waals surface area contributed by atoms with Crippen molar-refractivity contribution in [1.82, 2.24) is 0 Å². The van der Waals surface area contributed by atoms with E-state index in [1.165, 1.54) is 38.9 Å². The molecule has 0 radical (unpaired) electrons. The molecule has 0 unspecified atom stereocenters. The maximum Gasteiger partial charge on any atom is 0.0701 e. The SMILES string of the molecule is Clc1ccc(-c2ccc(C(c3ccccc3)(c3ccccc3)c3ccc(-c4ccccc4)cc3)cc2)cc1. The maximum atomic E-state index is 6.14. The van der Waals surface area contributed by atoms with Crippen LogP contribution in [0.2, 0.25) is 5.02 Å². The monoisotopic (exact) mass is 506 g/mol. The van der Waals surface area contributed by atoms with E-state index >= 15 is 0 Å². The van der Waals surface area contributed by atoms with Crippen LogP contribution in [0, 0.1) is 0 Å². The Kier molecular flexibility index (Phi) is 6.65. The Labute approximate surface area is 229 Å². The molecule has 0 bridgehead atoms. The van der Waals surface area contributed by atoms with Gasteiger partial charge in [-0.05, 0) is 56.6 Å². The Morgan fingerprint density at radius 3 is 0.974 bits per heavy atom. The van der Waals surface area contributed by atoms with Crippen LogP contribution < -0.4 is 0 Å². The quantitative estimate of drug-likeness (QED) is 0.197. The molecule has 0 fully saturated rings. The summed E-state index contributed by atoms with van der Waals surface area (Å²) in [6.45, 7) is 0. The lowest BCUT2D eigenvalue weighted by Gasteiger charge is -2.37. The fourth-order valence-corrected chi connectivity index (χ4v) is 5.60. The fourth-order valence-electron chi connectivity index (χ4n) is 5.47. The molecule has 1 heteroatoms. The van der Waals surface area contributed by atoms with Crippen molar-refractivity contribution in [3.63, 3.8) is 0 Å². The molecule has 0 saturated heterocycles. The molecule has 0 aliphatic heterocycles. The van der Waals surface area contributed by atoms with Gasteiger partial charge in [0.2, 0.25) is 0 Å². The van der Waals surface area contributed by atoms with Crippen LogP contribution in [0.4, 0.5) is 0 Å². The number of benzene rings is 6. The predicted octanol–water partition coefficient (Wildman–Crippen LogP) is 10.1. The summed E-state index contributed by atoms with van der Waals surface area (Å²) >= 11 is 6.14. The van der Waals surface area contributed by atoms with E-state index in [2.05, 4.69) is 152 Å². The van der Waals surface area contributed by atoms with E-state index in [-0.39, 0.29) is 0 Å². The van der Waals surface area contributed by atoms with Crippen LogP contribution in [0.3, 0.4) is 0 Å². The van der Waals surface area contributed by atoms with Gasteiger partial charge in [0.1, 0.15) is 0 Å². The van der Waals surface area contributed by atoms with Gasteiger partial charge in [-0.1, -0.05) is 163 Å². The highest BCUT2D eigenvalue weighted by atomic mass is 35.5. The van der Waals surface area contributed by atoms with Crippen molar-refractivity contribution >= 4 is 11.6 Å². The molecule has 0 amide bonds. The molecule has 182 valence electrons. The Balaban J connectivity index is 1.56. The van der Waals surface area contributed by atoms with Crippen LogP contribution >= 0.6 is 11.6 Å². The first-order valence-electron chi connectivity index (χ1n) is 12.9. The smallest absolute Gasteiger partial charge is 0.0701 e. The molecule has 0 aliphatic carbocycles. The molecule has 0 atom stereocenters. The van der Waals surface area contributed by atoms with Gasteiger partial charge in [-0.25, -0.2) is 0 Å². The third kappa shape index (κ3) is 4.45. The van der Waals surface area contributed by atoms with Gasteiger partial charge < -0.3 is 0 Å². The minimum absolute atomic E-state index is 0.476. The summed E-state index contributed by atoms with van der Waals surface area (Å²) in [4.78, 5) is 0. The maximum absolute atomic E-state index is 6.14. The zero-order chi connectivity index (χ0) is 25.8. The number of hydrogen-bond acceptors (Lipinski definition) is 0. The van der Waals surface area contributed by atoms with Crippen LogP contribution in [0.1, 0.15) is 22.3 Å². The summed E-state index contributed by atoms with van der Waals surface area (Å²) in [5, 5.41) is 0.747. The van der Waals surface area contributed by atoms with Gasteiger partial charge in [-0.3, -0.25) is 0 Å². The molecule has 0 N–H and O–H groups in total. The summed E-state index contributed by atoms with van der Waals surface area (Å²) in [5.41, 5.74) is 9.19. The predicted molar refractivity (Wildman–Crippen MR) is 161 cm³/mol. The van der Waals surface area contributed by atoms with E-state index in [0.717, 1.165) is 10.6 Å². The van der Waals surface area contributed by atoms with Gasteiger partial charge in [-0.15, -0.1) is 0 Å². The van der Waals surface area contributed by atoms with Gasteiger partial charge in [0.05, 0.1) is 5.41 Å². The van der Waals surface area contributed by atoms with Crippen molar-refractivity contribution in [2.75, 3.05) is 0 Å². The third-order valence-corrected chi connectivity index (χ3v) is 7.59. The van der Waals surface area contributed by atoms with Crippen LogP contribution in [-0.2, 0) is 5.41 Å². The average molecular weight is 507 g/mol. The lowest BCUT2D eigenvalue weighted by molar-refractivity contribution is 0.745. The highest BCUT2D eigenvalue weighted by Gasteiger charge is 2.38. The molecule has 0 saturated carbocycles. The summed E-state index contributed by atoms with van der Waals surface area (Å²) in [6.07, 6.45) is 0. The van der Waals surface area contributed by atoms with Crippen molar-refractivity contribution in [2.45, 2.75) is 5.41 Å². The first kappa shape index (κ1) is 24.0. The lowest BCUT2D eigenvalue weighted by atomic mass is 9.65. The van der Waals surface area contributed by atoms with E-state index in [9.17, 15) is 0 Å². The first-order chi connectivity index (χ1) is 18.7. The van der Waals surface area contributed by atoms with E-state index < -0.39 is 5.41 Å². The number of halogens is 1. The largest absolute Gasteiger partial charge is 0.0843 e. The Morgan fingerprint density at radius 2 is 0.579 bits per heavy atom. The van der Waals surface area contributed by atoms with Crippen LogP contribution in [0.25, 0.3) is 22.3 Å². The first-order valence-corrected chi connectivity index (χ1v) is 13.3. The van der Waals surface area contributed by atoms with Crippen molar-refractivity contribution in [3.05, 3.63) is 191 Å². The number of rotatable bonds is 6. The van der Waals surface area contributed by atoms with Crippen molar-refractivity contribution in [3.8, 4) is 22.3 Å². The minimum Gasteiger partial charge on any atom is -0.0843 e. The Hall–Kier alpha value is -4.39. The molecular formula is C37H27Cl. The zero-order valence-electron chi connectivity index (χ0n) is 21.0. The minimum atomic E-state index is -0.476. The van der Waals surface area contributed by atoms with Crippen molar-refractivity contribution < 1.29 is 0 Å². The van der Waals surface area contributed by atoms with Gasteiger partial charge in [0.25, 0.3) is 0 Å². The molecule has 6 aromatic rings. The average Bonchev–Trinajstić information content (AvgIpc) is 3.00. The molecular weight excluding hydrogens is 480 g/mol. The van der Waals surface area contributed by atoms with Crippen molar-refractivity contribution in [2.24, 2.45) is 0 Å². The second-order valence-electron chi connectivity index (χ2n) is 9.51. The van der Waals surface area contributed by atoms with Gasteiger partial charge >= 0.3 is 0 Å². The van der Waals surface area contributed by atoms with E-state index in [4.69, 9.17) is 11.6 Å². The summed E-state index contributed by atoms with van der Waals surface area (Å²) < 4.78 is 0. The standard InChI is InChI=1S/C37H27Cl/c38-36-26-20-31(21-27-36)30-18-24-35(25-19-30)37(32-12-6-2-7-13-32,33-14-8-3-9-15-33)34-22-16-29(17-23-34)28-10-4-1-5-11-28/h1-27H. The van der Waals surface area contributed by atoms with Crippen molar-refractivity contribution in [1.29, 1.82) is 0 Å². The molecule has 38 heavy (non-hydrogen) atoms. The highest BCUT2D eigenvalue weighted by Crippen LogP contribution is 2.45. The molecule has 6 aromatic carbocycles. The summed E-state index contributed by atoms with van der Waals surface area (Å²) in [6, 6.07) is 58.3. The van der Waals surface area contributed by atoms with Gasteiger partial charge in [-0.2, -0.15) is 0 Å².